The molecule has 3 rings (SSSR count). The van der Waals surface area contributed by atoms with Gasteiger partial charge in [0.15, 0.2) is 5.75 Å². The van der Waals surface area contributed by atoms with Crippen LogP contribution >= 0.6 is 15.9 Å². The van der Waals surface area contributed by atoms with Crippen LogP contribution in [0, 0.1) is 5.41 Å². The highest BCUT2D eigenvalue weighted by Crippen LogP contribution is 2.55. The predicted octanol–water partition coefficient (Wildman–Crippen LogP) is 2.37. The summed E-state index contributed by atoms with van der Waals surface area (Å²) >= 11 is 3.24. The molecule has 0 bridgehead atoms. The van der Waals surface area contributed by atoms with E-state index in [9.17, 15) is 15.0 Å². The van der Waals surface area contributed by atoms with Crippen molar-refractivity contribution in [2.24, 2.45) is 5.41 Å². The summed E-state index contributed by atoms with van der Waals surface area (Å²) in [5, 5.41) is 22.3. The third kappa shape index (κ3) is 2.07. The third-order valence-corrected chi connectivity index (χ3v) is 6.15. The van der Waals surface area contributed by atoms with E-state index in [2.05, 4.69) is 15.9 Å². The first-order valence-corrected chi connectivity index (χ1v) is 8.51. The maximum absolute atomic E-state index is 12.3. The third-order valence-electron chi connectivity index (χ3n) is 5.58. The number of ether oxygens (including phenoxy) is 1. The van der Waals surface area contributed by atoms with Crippen molar-refractivity contribution in [2.75, 3.05) is 7.11 Å². The fraction of sp³-hybridized carbons (Fsp3) is 0.688. The van der Waals surface area contributed by atoms with Gasteiger partial charge in [-0.2, -0.15) is 0 Å². The highest BCUT2D eigenvalue weighted by atomic mass is 79.9. The molecule has 1 unspecified atom stereocenters. The smallest absolute Gasteiger partial charge is 0.237 e. The van der Waals surface area contributed by atoms with Crippen LogP contribution in [0.4, 0.5) is 0 Å². The van der Waals surface area contributed by atoms with Crippen molar-refractivity contribution in [3.05, 3.63) is 26.6 Å². The van der Waals surface area contributed by atoms with Crippen molar-refractivity contribution in [3.8, 4) is 5.75 Å². The molecule has 0 aromatic carbocycles. The molecule has 6 heteroatoms. The number of methoxy groups -OCH3 is 1. The van der Waals surface area contributed by atoms with E-state index in [1.165, 1.54) is 7.11 Å². The molecule has 0 saturated heterocycles. The van der Waals surface area contributed by atoms with Gasteiger partial charge in [-0.1, -0.05) is 26.2 Å². The number of fused-ring (bicyclic) bond motifs is 2. The molecule has 5 nitrogen and oxygen atoms in total. The van der Waals surface area contributed by atoms with E-state index in [0.717, 1.165) is 25.7 Å². The van der Waals surface area contributed by atoms with Crippen LogP contribution in [0.15, 0.2) is 15.5 Å². The van der Waals surface area contributed by atoms with Crippen molar-refractivity contribution in [1.29, 1.82) is 0 Å². The number of hydrogen-bond donors (Lipinski definition) is 2. The van der Waals surface area contributed by atoms with Crippen LogP contribution in [0.1, 0.15) is 50.8 Å². The predicted molar refractivity (Wildman–Crippen MR) is 86.1 cm³/mol. The average Bonchev–Trinajstić information content (AvgIpc) is 2.62. The van der Waals surface area contributed by atoms with Crippen LogP contribution in [-0.2, 0) is 6.54 Å². The maximum Gasteiger partial charge on any atom is 0.237 e. The van der Waals surface area contributed by atoms with Gasteiger partial charge in [0.2, 0.25) is 5.43 Å². The first-order valence-electron chi connectivity index (χ1n) is 7.71. The lowest BCUT2D eigenvalue weighted by atomic mass is 9.63. The Morgan fingerprint density at radius 1 is 1.36 bits per heavy atom. The number of pyridine rings is 1. The average molecular weight is 372 g/mol. The first kappa shape index (κ1) is 16.0. The second-order valence-electron chi connectivity index (χ2n) is 6.76. The van der Waals surface area contributed by atoms with Crippen LogP contribution < -0.4 is 10.2 Å². The Hall–Kier alpha value is -0.850. The Morgan fingerprint density at radius 2 is 2.05 bits per heavy atom. The molecule has 1 aromatic heterocycles. The van der Waals surface area contributed by atoms with Gasteiger partial charge in [-0.05, 0) is 28.8 Å². The highest BCUT2D eigenvalue weighted by Gasteiger charge is 2.56. The molecule has 22 heavy (non-hydrogen) atoms. The lowest BCUT2D eigenvalue weighted by Crippen LogP contribution is -2.56. The normalized spacial score (nSPS) is 34.5. The Bertz CT molecular complexity index is 658. The van der Waals surface area contributed by atoms with Gasteiger partial charge in [0.05, 0.1) is 29.4 Å². The minimum Gasteiger partial charge on any atom is -0.491 e. The molecule has 2 heterocycles. The topological polar surface area (TPSA) is 71.7 Å². The standard InChI is InChI=1S/C16H22BrNO4/c1-15-6-4-3-5-7-16(15,21)9-18-8-10(17)12(19)13(22-2)11(18)14(15)20/h8,14,20-21H,3-7,9H2,1-2H3/t14?,15-,16-/m1/s1. The molecule has 122 valence electrons. The maximum atomic E-state index is 12.3. The molecule has 1 aliphatic carbocycles. The van der Waals surface area contributed by atoms with E-state index in [1.807, 2.05) is 6.92 Å². The highest BCUT2D eigenvalue weighted by molar-refractivity contribution is 9.10. The molecule has 0 amide bonds. The zero-order valence-corrected chi connectivity index (χ0v) is 14.5. The van der Waals surface area contributed by atoms with Crippen LogP contribution in [0.3, 0.4) is 0 Å². The van der Waals surface area contributed by atoms with Crippen molar-refractivity contribution in [2.45, 2.75) is 57.3 Å². The molecule has 1 saturated carbocycles. The molecular weight excluding hydrogens is 350 g/mol. The largest absolute Gasteiger partial charge is 0.491 e. The number of aliphatic hydroxyl groups is 2. The van der Waals surface area contributed by atoms with E-state index in [4.69, 9.17) is 4.74 Å². The number of hydrogen-bond acceptors (Lipinski definition) is 4. The SMILES string of the molecule is COc1c2n(cc(Br)c1=O)C[C@]1(O)CCCCC[C@]1(C)C2O. The Labute approximate surface area is 138 Å². The van der Waals surface area contributed by atoms with E-state index in [-0.39, 0.29) is 11.2 Å². The van der Waals surface area contributed by atoms with Gasteiger partial charge >= 0.3 is 0 Å². The monoisotopic (exact) mass is 371 g/mol. The molecule has 2 aliphatic rings. The molecule has 3 atom stereocenters. The molecule has 0 radical (unpaired) electrons. The van der Waals surface area contributed by atoms with Crippen LogP contribution in [0.25, 0.3) is 0 Å². The van der Waals surface area contributed by atoms with Gasteiger partial charge in [0, 0.05) is 11.6 Å². The number of nitrogens with zero attached hydrogens (tertiary/aromatic N) is 1. The van der Waals surface area contributed by atoms with Gasteiger partial charge < -0.3 is 19.5 Å². The zero-order chi connectivity index (χ0) is 16.1. The summed E-state index contributed by atoms with van der Waals surface area (Å²) in [7, 11) is 1.44. The summed E-state index contributed by atoms with van der Waals surface area (Å²) in [5.41, 5.74) is -1.44. The molecule has 0 spiro atoms. The number of aliphatic hydroxyl groups excluding tert-OH is 1. The lowest BCUT2D eigenvalue weighted by Gasteiger charge is -2.52. The van der Waals surface area contributed by atoms with Crippen molar-refractivity contribution < 1.29 is 14.9 Å². The van der Waals surface area contributed by atoms with Gasteiger partial charge in [-0.25, -0.2) is 0 Å². The molecule has 1 fully saturated rings. The van der Waals surface area contributed by atoms with Crippen LogP contribution in [0.2, 0.25) is 0 Å². The summed E-state index contributed by atoms with van der Waals surface area (Å²) in [4.78, 5) is 12.3. The Balaban J connectivity index is 2.24. The quantitative estimate of drug-likeness (QED) is 0.794. The molecular formula is C16H22BrNO4. The number of halogens is 1. The van der Waals surface area contributed by atoms with Gasteiger partial charge in [-0.15, -0.1) is 0 Å². The van der Waals surface area contributed by atoms with E-state index in [0.29, 0.717) is 23.1 Å². The summed E-state index contributed by atoms with van der Waals surface area (Å²) < 4.78 is 7.42. The fourth-order valence-corrected chi connectivity index (χ4v) is 4.50. The van der Waals surface area contributed by atoms with Crippen molar-refractivity contribution >= 4 is 15.9 Å². The minimum absolute atomic E-state index is 0.161. The minimum atomic E-state index is -0.977. The number of rotatable bonds is 1. The fourth-order valence-electron chi connectivity index (χ4n) is 4.07. The van der Waals surface area contributed by atoms with E-state index >= 15 is 0 Å². The summed E-state index contributed by atoms with van der Waals surface area (Å²) in [6.45, 7) is 2.30. The van der Waals surface area contributed by atoms with Crippen molar-refractivity contribution in [1.82, 2.24) is 4.57 Å². The summed E-state index contributed by atoms with van der Waals surface area (Å²) in [6.07, 6.45) is 5.08. The first-order chi connectivity index (χ1) is 10.3. The van der Waals surface area contributed by atoms with Crippen LogP contribution in [0.5, 0.6) is 5.75 Å². The Morgan fingerprint density at radius 3 is 2.73 bits per heavy atom. The summed E-state index contributed by atoms with van der Waals surface area (Å²) in [5.74, 6) is 0.161. The zero-order valence-electron chi connectivity index (χ0n) is 12.9. The van der Waals surface area contributed by atoms with Gasteiger partial charge in [0.25, 0.3) is 0 Å². The molecule has 2 N–H and O–H groups in total. The van der Waals surface area contributed by atoms with Gasteiger partial charge in [-0.3, -0.25) is 4.79 Å². The lowest BCUT2D eigenvalue weighted by molar-refractivity contribution is -0.168. The number of aromatic nitrogens is 1. The molecule has 1 aliphatic heterocycles. The Kier molecular flexibility index (Phi) is 3.90. The van der Waals surface area contributed by atoms with Crippen LogP contribution in [-0.4, -0.2) is 27.5 Å². The summed E-state index contributed by atoms with van der Waals surface area (Å²) in [6, 6.07) is 0. The second kappa shape index (κ2) is 5.35. The van der Waals surface area contributed by atoms with Gasteiger partial charge in [0.1, 0.15) is 6.10 Å². The second-order valence-corrected chi connectivity index (χ2v) is 7.62. The van der Waals surface area contributed by atoms with Crippen molar-refractivity contribution in [3.63, 3.8) is 0 Å². The van der Waals surface area contributed by atoms with E-state index in [1.54, 1.807) is 10.8 Å². The van der Waals surface area contributed by atoms with E-state index < -0.39 is 17.1 Å². The molecule has 1 aromatic rings.